The third-order valence-electron chi connectivity index (χ3n) is 3.92. The third kappa shape index (κ3) is 2.12. The molecule has 0 spiro atoms. The number of fused-ring (bicyclic) bond motifs is 1. The first kappa shape index (κ1) is 13.7. The van der Waals surface area contributed by atoms with E-state index in [1.807, 2.05) is 0 Å². The zero-order valence-electron chi connectivity index (χ0n) is 10.2. The molecule has 5 N–H and O–H groups in total. The van der Waals surface area contributed by atoms with Gasteiger partial charge >= 0.3 is 0 Å². The summed E-state index contributed by atoms with van der Waals surface area (Å²) in [6.45, 7) is 1.41. The fourth-order valence-corrected chi connectivity index (χ4v) is 3.13. The highest BCUT2D eigenvalue weighted by atomic mass is 16.3. The van der Waals surface area contributed by atoms with Crippen LogP contribution in [0.5, 0.6) is 0 Å². The van der Waals surface area contributed by atoms with Crippen LogP contribution in [0.4, 0.5) is 0 Å². The highest BCUT2D eigenvalue weighted by Crippen LogP contribution is 2.37. The van der Waals surface area contributed by atoms with Gasteiger partial charge in [-0.05, 0) is 6.42 Å². The number of aliphatic hydroxyl groups is 4. The zero-order chi connectivity index (χ0) is 13.4. The Hall–Kier alpha value is -0.730. The van der Waals surface area contributed by atoms with Gasteiger partial charge in [0.2, 0.25) is 5.91 Å². The number of carbonyl (C=O) groups is 1. The minimum Gasteiger partial charge on any atom is -0.395 e. The van der Waals surface area contributed by atoms with Crippen LogP contribution >= 0.6 is 0 Å². The van der Waals surface area contributed by atoms with Gasteiger partial charge in [-0.25, -0.2) is 0 Å². The van der Waals surface area contributed by atoms with Gasteiger partial charge in [-0.1, -0.05) is 0 Å². The van der Waals surface area contributed by atoms with Gasteiger partial charge in [0.05, 0.1) is 37.0 Å². The second-order valence-corrected chi connectivity index (χ2v) is 5.06. The van der Waals surface area contributed by atoms with Crippen molar-refractivity contribution in [3.8, 4) is 0 Å². The van der Waals surface area contributed by atoms with Crippen molar-refractivity contribution in [3.05, 3.63) is 0 Å². The number of carbonyl (C=O) groups excluding carboxylic acids is 1. The number of amides is 1. The van der Waals surface area contributed by atoms with Crippen LogP contribution in [0.25, 0.3) is 0 Å². The van der Waals surface area contributed by atoms with Crippen molar-refractivity contribution < 1.29 is 25.2 Å². The van der Waals surface area contributed by atoms with Gasteiger partial charge in [0.25, 0.3) is 0 Å². The van der Waals surface area contributed by atoms with E-state index in [0.29, 0.717) is 6.42 Å². The van der Waals surface area contributed by atoms with Crippen LogP contribution < -0.4 is 5.32 Å². The number of aliphatic hydroxyl groups excluding tert-OH is 4. The summed E-state index contributed by atoms with van der Waals surface area (Å²) in [5.41, 5.74) is 0. The summed E-state index contributed by atoms with van der Waals surface area (Å²) >= 11 is 0. The van der Waals surface area contributed by atoms with Crippen molar-refractivity contribution in [2.75, 3.05) is 13.2 Å². The van der Waals surface area contributed by atoms with Crippen LogP contribution in [-0.2, 0) is 4.79 Å². The Bertz CT molecular complexity index is 327. The van der Waals surface area contributed by atoms with E-state index < -0.39 is 30.4 Å². The topological polar surface area (TPSA) is 113 Å². The molecule has 2 saturated heterocycles. The Balaban J connectivity index is 2.15. The molecule has 0 radical (unpaired) electrons. The summed E-state index contributed by atoms with van der Waals surface area (Å²) in [6, 6.07) is -1.35. The molecule has 0 bridgehead atoms. The molecule has 1 amide bonds. The highest BCUT2D eigenvalue weighted by Gasteiger charge is 2.56. The molecule has 0 aromatic rings. The third-order valence-corrected chi connectivity index (χ3v) is 3.92. The van der Waals surface area contributed by atoms with Gasteiger partial charge in [-0.3, -0.25) is 9.69 Å². The lowest BCUT2D eigenvalue weighted by Crippen LogP contribution is -2.49. The first-order valence-electron chi connectivity index (χ1n) is 6.14. The molecule has 104 valence electrons. The predicted octanol–water partition coefficient (Wildman–Crippen LogP) is -2.98. The fraction of sp³-hybridized carbons (Fsp3) is 0.909. The van der Waals surface area contributed by atoms with E-state index in [-0.39, 0.29) is 25.1 Å². The Kier molecular flexibility index (Phi) is 3.88. The second-order valence-electron chi connectivity index (χ2n) is 5.06. The van der Waals surface area contributed by atoms with Crippen LogP contribution in [0.1, 0.15) is 13.3 Å². The molecule has 2 rings (SSSR count). The summed E-state index contributed by atoms with van der Waals surface area (Å²) in [7, 11) is 0. The van der Waals surface area contributed by atoms with Crippen LogP contribution in [0.15, 0.2) is 0 Å². The van der Waals surface area contributed by atoms with E-state index in [2.05, 4.69) is 5.32 Å². The zero-order valence-corrected chi connectivity index (χ0v) is 10.2. The van der Waals surface area contributed by atoms with E-state index in [0.717, 1.165) is 0 Å². The highest BCUT2D eigenvalue weighted by molar-refractivity contribution is 5.72. The van der Waals surface area contributed by atoms with Crippen LogP contribution in [0.3, 0.4) is 0 Å². The van der Waals surface area contributed by atoms with Crippen molar-refractivity contribution in [1.29, 1.82) is 0 Å². The minimum atomic E-state index is -1.06. The first-order chi connectivity index (χ1) is 8.47. The number of rotatable bonds is 3. The molecule has 0 aromatic carbocycles. The van der Waals surface area contributed by atoms with Crippen LogP contribution in [0.2, 0.25) is 0 Å². The lowest BCUT2D eigenvalue weighted by atomic mass is 10.0. The Morgan fingerprint density at radius 1 is 1.33 bits per heavy atom. The van der Waals surface area contributed by atoms with Crippen molar-refractivity contribution in [2.45, 2.75) is 49.8 Å². The molecule has 0 saturated carbocycles. The monoisotopic (exact) mass is 260 g/mol. The number of nitrogens with one attached hydrogen (secondary N) is 1. The first-order valence-corrected chi connectivity index (χ1v) is 6.14. The summed E-state index contributed by atoms with van der Waals surface area (Å²) < 4.78 is 0. The lowest BCUT2D eigenvalue weighted by molar-refractivity contribution is -0.119. The van der Waals surface area contributed by atoms with Gasteiger partial charge in [-0.15, -0.1) is 0 Å². The summed E-state index contributed by atoms with van der Waals surface area (Å²) in [5.74, 6) is -0.222. The molecular formula is C11H20N2O5. The van der Waals surface area contributed by atoms with Crippen LogP contribution in [-0.4, -0.2) is 80.8 Å². The van der Waals surface area contributed by atoms with Gasteiger partial charge < -0.3 is 25.7 Å². The molecule has 7 heteroatoms. The lowest BCUT2D eigenvalue weighted by Gasteiger charge is -2.29. The molecule has 0 aliphatic carbocycles. The maximum Gasteiger partial charge on any atom is 0.216 e. The SMILES string of the molecule is CC(=O)NC[C@@H]1[C@@H](O)[C@@H](O)[C@H]2[C@H](O)C[C@H](CO)N21. The number of hydrogen-bond donors (Lipinski definition) is 5. The summed E-state index contributed by atoms with van der Waals surface area (Å²) in [5, 5.41) is 41.7. The molecule has 2 aliphatic rings. The molecular weight excluding hydrogens is 240 g/mol. The van der Waals surface area contributed by atoms with Gasteiger partial charge in [0, 0.05) is 19.5 Å². The average molecular weight is 260 g/mol. The number of hydrogen-bond acceptors (Lipinski definition) is 6. The normalized spacial score (nSPS) is 44.1. The summed E-state index contributed by atoms with van der Waals surface area (Å²) in [6.07, 6.45) is -2.50. The van der Waals surface area contributed by atoms with Crippen molar-refractivity contribution in [1.82, 2.24) is 10.2 Å². The Labute approximate surface area is 105 Å². The predicted molar refractivity (Wildman–Crippen MR) is 61.6 cm³/mol. The van der Waals surface area contributed by atoms with E-state index >= 15 is 0 Å². The molecule has 6 atom stereocenters. The Morgan fingerprint density at radius 3 is 2.56 bits per heavy atom. The fourth-order valence-electron chi connectivity index (χ4n) is 3.13. The molecule has 0 unspecified atom stereocenters. The Morgan fingerprint density at radius 2 is 2.00 bits per heavy atom. The second kappa shape index (κ2) is 5.10. The van der Waals surface area contributed by atoms with E-state index in [4.69, 9.17) is 0 Å². The van der Waals surface area contributed by atoms with Crippen molar-refractivity contribution in [2.24, 2.45) is 0 Å². The average Bonchev–Trinajstić information content (AvgIpc) is 2.76. The van der Waals surface area contributed by atoms with E-state index in [1.54, 1.807) is 4.90 Å². The standard InChI is InChI=1S/C11H20N2O5/c1-5(15)12-3-7-10(17)11(18)9-8(16)2-6(4-14)13(7)9/h6-11,14,16-18H,2-4H2,1H3,(H,12,15)/t6-,7-,8-,9-,10-,11+/m1/s1. The molecule has 2 aliphatic heterocycles. The summed E-state index contributed by atoms with van der Waals surface area (Å²) in [4.78, 5) is 12.7. The quantitative estimate of drug-likeness (QED) is 0.370. The molecule has 0 aromatic heterocycles. The molecule has 2 heterocycles. The van der Waals surface area contributed by atoms with Gasteiger partial charge in [-0.2, -0.15) is 0 Å². The molecule has 18 heavy (non-hydrogen) atoms. The molecule has 7 nitrogen and oxygen atoms in total. The van der Waals surface area contributed by atoms with Gasteiger partial charge in [0.15, 0.2) is 0 Å². The van der Waals surface area contributed by atoms with Crippen molar-refractivity contribution in [3.63, 3.8) is 0 Å². The van der Waals surface area contributed by atoms with Crippen molar-refractivity contribution >= 4 is 5.91 Å². The number of nitrogens with zero attached hydrogens (tertiary/aromatic N) is 1. The maximum atomic E-state index is 10.9. The largest absolute Gasteiger partial charge is 0.395 e. The smallest absolute Gasteiger partial charge is 0.216 e. The van der Waals surface area contributed by atoms with Crippen LogP contribution in [0, 0.1) is 0 Å². The maximum absolute atomic E-state index is 10.9. The minimum absolute atomic E-state index is 0.149. The van der Waals surface area contributed by atoms with Gasteiger partial charge in [0.1, 0.15) is 0 Å². The van der Waals surface area contributed by atoms with E-state index in [9.17, 15) is 25.2 Å². The van der Waals surface area contributed by atoms with E-state index in [1.165, 1.54) is 6.92 Å². The molecule has 2 fully saturated rings.